The first-order valence-electron chi connectivity index (χ1n) is 6.40. The molecule has 0 aliphatic heterocycles. The highest BCUT2D eigenvalue weighted by Crippen LogP contribution is 2.17. The molecule has 0 aromatic carbocycles. The zero-order valence-corrected chi connectivity index (χ0v) is 13.6. The van der Waals surface area contributed by atoms with E-state index in [0.717, 1.165) is 0 Å². The van der Waals surface area contributed by atoms with E-state index in [4.69, 9.17) is 0 Å². The van der Waals surface area contributed by atoms with E-state index in [1.807, 2.05) is 20.8 Å². The molecule has 0 bridgehead atoms. The standard InChI is InChI=1S/C6H12INO2.C4H8O.C2H6/c7-9-10-8-6-4-2-1-3-5-6;1-3-4(2)5;1-2/h6,8H,1-5H2;3H2,1-2H3;1-2H3. The van der Waals surface area contributed by atoms with Gasteiger partial charge in [-0.25, -0.2) is 0 Å². The summed E-state index contributed by atoms with van der Waals surface area (Å²) in [5.74, 6) is 0.255. The minimum absolute atomic E-state index is 0.255. The summed E-state index contributed by atoms with van der Waals surface area (Å²) in [5, 5.41) is 0. The molecule has 1 N–H and O–H groups in total. The zero-order valence-electron chi connectivity index (χ0n) is 11.4. The second kappa shape index (κ2) is 16.3. The van der Waals surface area contributed by atoms with Gasteiger partial charge in [-0.2, -0.15) is 5.48 Å². The van der Waals surface area contributed by atoms with Gasteiger partial charge in [0.05, 0.1) is 0 Å². The van der Waals surface area contributed by atoms with Crippen LogP contribution in [0.2, 0.25) is 0 Å². The maximum absolute atomic E-state index is 9.81. The van der Waals surface area contributed by atoms with Gasteiger partial charge in [0.15, 0.2) is 23.0 Å². The van der Waals surface area contributed by atoms with Gasteiger partial charge in [-0.3, -0.25) is 0 Å². The van der Waals surface area contributed by atoms with Crippen molar-refractivity contribution >= 4 is 28.8 Å². The van der Waals surface area contributed by atoms with Gasteiger partial charge < -0.3 is 4.79 Å². The van der Waals surface area contributed by atoms with Gasteiger partial charge in [0, 0.05) is 12.5 Å². The molecule has 1 rings (SSSR count). The van der Waals surface area contributed by atoms with Crippen molar-refractivity contribution in [3.63, 3.8) is 0 Å². The van der Waals surface area contributed by atoms with Crippen LogP contribution in [-0.4, -0.2) is 11.8 Å². The molecule has 1 fully saturated rings. The number of ketones is 1. The molecule has 0 atom stereocenters. The van der Waals surface area contributed by atoms with Crippen molar-refractivity contribution in [2.75, 3.05) is 0 Å². The van der Waals surface area contributed by atoms with E-state index in [0.29, 0.717) is 12.5 Å². The lowest BCUT2D eigenvalue weighted by atomic mass is 9.96. The maximum atomic E-state index is 9.81. The van der Waals surface area contributed by atoms with E-state index in [-0.39, 0.29) is 5.78 Å². The van der Waals surface area contributed by atoms with Gasteiger partial charge in [-0.05, 0) is 19.8 Å². The Morgan fingerprint density at radius 1 is 1.29 bits per heavy atom. The maximum Gasteiger partial charge on any atom is 0.157 e. The van der Waals surface area contributed by atoms with Crippen molar-refractivity contribution in [3.05, 3.63) is 0 Å². The van der Waals surface area contributed by atoms with Crippen LogP contribution in [0, 0.1) is 0 Å². The number of halogens is 1. The highest BCUT2D eigenvalue weighted by atomic mass is 127. The molecular formula is C12H26INO3. The topological polar surface area (TPSA) is 47.6 Å². The molecule has 1 saturated carbocycles. The van der Waals surface area contributed by atoms with Gasteiger partial charge in [-0.1, -0.05) is 40.0 Å². The smallest absolute Gasteiger partial charge is 0.157 e. The third-order valence-corrected chi connectivity index (χ3v) is 2.53. The van der Waals surface area contributed by atoms with Crippen molar-refractivity contribution < 1.29 is 13.0 Å². The third kappa shape index (κ3) is 16.3. The van der Waals surface area contributed by atoms with Crippen LogP contribution in [0.1, 0.15) is 66.2 Å². The van der Waals surface area contributed by atoms with Gasteiger partial charge in [0.2, 0.25) is 0 Å². The Hall–Kier alpha value is 0.280. The lowest BCUT2D eigenvalue weighted by molar-refractivity contribution is -0.234. The van der Waals surface area contributed by atoms with Crippen LogP contribution in [0.15, 0.2) is 0 Å². The van der Waals surface area contributed by atoms with Crippen LogP contribution in [0.25, 0.3) is 0 Å². The van der Waals surface area contributed by atoms with Crippen molar-refractivity contribution in [1.29, 1.82) is 0 Å². The summed E-state index contributed by atoms with van der Waals surface area (Å²) >= 11 is 1.70. The summed E-state index contributed by atoms with van der Waals surface area (Å²) in [6, 6.07) is 0.503. The van der Waals surface area contributed by atoms with Gasteiger partial charge in [0.25, 0.3) is 0 Å². The summed E-state index contributed by atoms with van der Waals surface area (Å²) < 4.78 is 4.40. The molecule has 0 aromatic rings. The fraction of sp³-hybridized carbons (Fsp3) is 0.917. The second-order valence-electron chi connectivity index (χ2n) is 3.65. The molecule has 0 aromatic heterocycles. The Labute approximate surface area is 119 Å². The lowest BCUT2D eigenvalue weighted by Crippen LogP contribution is -2.30. The van der Waals surface area contributed by atoms with Crippen LogP contribution in [0.3, 0.4) is 0 Å². The summed E-state index contributed by atoms with van der Waals surface area (Å²) in [5.41, 5.74) is 2.84. The summed E-state index contributed by atoms with van der Waals surface area (Å²) in [6.45, 7) is 7.43. The predicted molar refractivity (Wildman–Crippen MR) is 78.5 cm³/mol. The first kappa shape index (κ1) is 19.6. The number of nitrogens with one attached hydrogen (secondary N) is 1. The largest absolute Gasteiger partial charge is 0.300 e. The average molecular weight is 359 g/mol. The van der Waals surface area contributed by atoms with E-state index in [1.165, 1.54) is 32.1 Å². The predicted octanol–water partition coefficient (Wildman–Crippen LogP) is 4.13. The second-order valence-corrected chi connectivity index (χ2v) is 4.01. The average Bonchev–Trinajstić information content (AvgIpc) is 2.40. The van der Waals surface area contributed by atoms with E-state index < -0.39 is 0 Å². The number of carbonyl (C=O) groups excluding carboxylic acids is 1. The molecule has 104 valence electrons. The first-order chi connectivity index (χ1) is 8.20. The molecule has 0 spiro atoms. The van der Waals surface area contributed by atoms with Crippen LogP contribution in [-0.2, 0) is 13.0 Å². The Kier molecular flexibility index (Phi) is 18.8. The van der Waals surface area contributed by atoms with Gasteiger partial charge >= 0.3 is 0 Å². The molecule has 5 heteroatoms. The third-order valence-electron chi connectivity index (χ3n) is 2.35. The molecular weight excluding hydrogens is 333 g/mol. The number of hydrogen-bond acceptors (Lipinski definition) is 4. The number of rotatable bonds is 4. The van der Waals surface area contributed by atoms with E-state index in [9.17, 15) is 4.79 Å². The van der Waals surface area contributed by atoms with E-state index in [2.05, 4.69) is 13.7 Å². The minimum Gasteiger partial charge on any atom is -0.300 e. The molecule has 0 amide bonds. The number of hydroxylamine groups is 1. The molecule has 1 aliphatic rings. The summed E-state index contributed by atoms with van der Waals surface area (Å²) in [4.78, 5) is 14.4. The van der Waals surface area contributed by atoms with Crippen molar-refractivity contribution in [3.8, 4) is 0 Å². The number of Topliss-reactive ketones (excluding diaryl/α,β-unsaturated/α-hetero) is 1. The SMILES string of the molecule is CC.CCC(C)=O.IOONC1CCCCC1. The van der Waals surface area contributed by atoms with Gasteiger partial charge in [0.1, 0.15) is 5.78 Å². The first-order valence-corrected chi connectivity index (χ1v) is 7.28. The Bertz CT molecular complexity index is 162. The highest BCUT2D eigenvalue weighted by molar-refractivity contribution is 14.1. The fourth-order valence-electron chi connectivity index (χ4n) is 1.31. The van der Waals surface area contributed by atoms with Crippen LogP contribution in [0.5, 0.6) is 0 Å². The summed E-state index contributed by atoms with van der Waals surface area (Å²) in [6.07, 6.45) is 7.06. The highest BCUT2D eigenvalue weighted by Gasteiger charge is 2.12. The van der Waals surface area contributed by atoms with Crippen LogP contribution < -0.4 is 5.48 Å². The monoisotopic (exact) mass is 359 g/mol. The minimum atomic E-state index is 0.255. The lowest BCUT2D eigenvalue weighted by Gasteiger charge is -2.20. The van der Waals surface area contributed by atoms with Gasteiger partial charge in [-0.15, -0.1) is 8.21 Å². The molecule has 17 heavy (non-hydrogen) atoms. The molecule has 0 unspecified atom stereocenters. The Morgan fingerprint density at radius 3 is 2.12 bits per heavy atom. The zero-order chi connectivity index (χ0) is 13.5. The molecule has 0 saturated heterocycles. The fourth-order valence-corrected chi connectivity index (χ4v) is 1.41. The van der Waals surface area contributed by atoms with Crippen LogP contribution in [0.4, 0.5) is 0 Å². The summed E-state index contributed by atoms with van der Waals surface area (Å²) in [7, 11) is 0. The molecule has 1 aliphatic carbocycles. The number of carbonyl (C=O) groups is 1. The molecule has 0 radical (unpaired) electrons. The quantitative estimate of drug-likeness (QED) is 0.466. The van der Waals surface area contributed by atoms with Crippen molar-refractivity contribution in [2.24, 2.45) is 0 Å². The van der Waals surface area contributed by atoms with Crippen molar-refractivity contribution in [2.45, 2.75) is 72.3 Å². The van der Waals surface area contributed by atoms with Crippen LogP contribution >= 0.6 is 23.0 Å². The normalized spacial score (nSPS) is 15.1. The Morgan fingerprint density at radius 2 is 1.76 bits per heavy atom. The molecule has 0 heterocycles. The molecule has 4 nitrogen and oxygen atoms in total. The van der Waals surface area contributed by atoms with Crippen molar-refractivity contribution in [1.82, 2.24) is 5.48 Å². The van der Waals surface area contributed by atoms with E-state index >= 15 is 0 Å². The van der Waals surface area contributed by atoms with E-state index in [1.54, 1.807) is 29.9 Å². The Balaban J connectivity index is 0. The number of hydrogen-bond donors (Lipinski definition) is 1.